The number of carboxylic acid groups (broad SMARTS) is 1. The molecule has 2 fully saturated rings. The molecule has 2 amide bonds. The summed E-state index contributed by atoms with van der Waals surface area (Å²) >= 11 is 0. The summed E-state index contributed by atoms with van der Waals surface area (Å²) in [4.78, 5) is 26.6. The van der Waals surface area contributed by atoms with Crippen LogP contribution in [0.3, 0.4) is 0 Å². The highest BCUT2D eigenvalue weighted by molar-refractivity contribution is 5.83. The van der Waals surface area contributed by atoms with Crippen LogP contribution in [0, 0.1) is 11.8 Å². The van der Waals surface area contributed by atoms with Gasteiger partial charge in [0.25, 0.3) is 0 Å². The molecule has 4 atom stereocenters. The molecule has 2 aliphatic rings. The second kappa shape index (κ2) is 5.36. The van der Waals surface area contributed by atoms with Crippen molar-refractivity contribution in [2.75, 3.05) is 19.6 Å². The Morgan fingerprint density at radius 3 is 2.42 bits per heavy atom. The number of urea groups is 1. The summed E-state index contributed by atoms with van der Waals surface area (Å²) in [6, 6.07) is -1.14. The largest absolute Gasteiger partial charge is 0.480 e. The van der Waals surface area contributed by atoms with Gasteiger partial charge in [0.05, 0.1) is 6.10 Å². The van der Waals surface area contributed by atoms with Crippen molar-refractivity contribution in [2.45, 2.75) is 38.8 Å². The summed E-state index contributed by atoms with van der Waals surface area (Å²) in [7, 11) is 0. The number of aliphatic hydroxyl groups excluding tert-OH is 1. The van der Waals surface area contributed by atoms with Crippen molar-refractivity contribution < 1.29 is 19.8 Å². The molecule has 6 heteroatoms. The van der Waals surface area contributed by atoms with Crippen molar-refractivity contribution in [3.63, 3.8) is 0 Å². The van der Waals surface area contributed by atoms with Crippen molar-refractivity contribution in [1.29, 1.82) is 0 Å². The summed E-state index contributed by atoms with van der Waals surface area (Å²) in [6.45, 7) is 5.74. The molecular formula is C13H22N2O4. The summed E-state index contributed by atoms with van der Waals surface area (Å²) in [6.07, 6.45) is 0.341. The lowest BCUT2D eigenvalue weighted by atomic mass is 9.89. The number of rotatable bonds is 1. The predicted molar refractivity (Wildman–Crippen MR) is 68.7 cm³/mol. The summed E-state index contributed by atoms with van der Waals surface area (Å²) in [5.41, 5.74) is 0. The van der Waals surface area contributed by atoms with Crippen LogP contribution in [-0.2, 0) is 4.79 Å². The minimum absolute atomic E-state index is 0.121. The number of likely N-dealkylation sites (tertiary alicyclic amines) is 2. The molecular weight excluding hydrogens is 248 g/mol. The number of amides is 2. The molecule has 0 radical (unpaired) electrons. The van der Waals surface area contributed by atoms with E-state index in [1.165, 1.54) is 4.90 Å². The average molecular weight is 270 g/mol. The highest BCUT2D eigenvalue weighted by Crippen LogP contribution is 2.26. The second-order valence-corrected chi connectivity index (χ2v) is 5.87. The number of piperidine rings is 1. The van der Waals surface area contributed by atoms with E-state index in [-0.39, 0.29) is 19.0 Å². The predicted octanol–water partition coefficient (Wildman–Crippen LogP) is 0.604. The van der Waals surface area contributed by atoms with Crippen molar-refractivity contribution in [3.8, 4) is 0 Å². The van der Waals surface area contributed by atoms with E-state index in [0.29, 0.717) is 24.9 Å². The molecule has 2 rings (SSSR count). The van der Waals surface area contributed by atoms with Gasteiger partial charge in [-0.1, -0.05) is 13.8 Å². The third-order valence-corrected chi connectivity index (χ3v) is 4.41. The van der Waals surface area contributed by atoms with E-state index in [1.54, 1.807) is 4.90 Å². The van der Waals surface area contributed by atoms with Gasteiger partial charge in [-0.05, 0) is 18.3 Å². The number of nitrogens with zero attached hydrogens (tertiary/aromatic N) is 2. The molecule has 19 heavy (non-hydrogen) atoms. The Morgan fingerprint density at radius 2 is 1.84 bits per heavy atom. The molecule has 0 aromatic rings. The van der Waals surface area contributed by atoms with E-state index in [1.807, 2.05) is 0 Å². The van der Waals surface area contributed by atoms with Crippen LogP contribution >= 0.6 is 0 Å². The number of aliphatic carboxylic acids is 1. The molecule has 2 unspecified atom stereocenters. The van der Waals surface area contributed by atoms with E-state index >= 15 is 0 Å². The third-order valence-electron chi connectivity index (χ3n) is 4.41. The number of carbonyl (C=O) groups is 2. The Hall–Kier alpha value is -1.30. The van der Waals surface area contributed by atoms with Gasteiger partial charge < -0.3 is 20.0 Å². The van der Waals surface area contributed by atoms with Gasteiger partial charge in [-0.25, -0.2) is 9.59 Å². The first-order chi connectivity index (χ1) is 8.90. The van der Waals surface area contributed by atoms with E-state index in [2.05, 4.69) is 13.8 Å². The molecule has 0 spiro atoms. The fraction of sp³-hybridized carbons (Fsp3) is 0.846. The molecule has 2 saturated heterocycles. The van der Waals surface area contributed by atoms with Gasteiger partial charge in [0, 0.05) is 26.1 Å². The van der Waals surface area contributed by atoms with E-state index in [4.69, 9.17) is 5.11 Å². The standard InChI is InChI=1S/C13H22N2O4/c1-8-3-4-14(6-9(8)2)13(19)15-7-10(16)5-11(15)12(17)18/h8-11,16H,3-7H2,1-2H3,(H,17,18)/t8?,9?,10-,11-/m0/s1. The number of carboxylic acids is 1. The molecule has 2 heterocycles. The maximum absolute atomic E-state index is 12.4. The maximum Gasteiger partial charge on any atom is 0.326 e. The van der Waals surface area contributed by atoms with Gasteiger partial charge in [0.1, 0.15) is 6.04 Å². The summed E-state index contributed by atoms with van der Waals surface area (Å²) < 4.78 is 0. The van der Waals surface area contributed by atoms with Gasteiger partial charge in [-0.3, -0.25) is 0 Å². The maximum atomic E-state index is 12.4. The molecule has 2 aliphatic heterocycles. The molecule has 0 aromatic carbocycles. The van der Waals surface area contributed by atoms with E-state index in [0.717, 1.165) is 6.42 Å². The van der Waals surface area contributed by atoms with Crippen LogP contribution in [0.2, 0.25) is 0 Å². The quantitative estimate of drug-likeness (QED) is 0.731. The molecule has 2 N–H and O–H groups in total. The fourth-order valence-electron chi connectivity index (χ4n) is 2.88. The number of aliphatic hydroxyl groups is 1. The van der Waals surface area contributed by atoms with Crippen molar-refractivity contribution in [3.05, 3.63) is 0 Å². The molecule has 0 saturated carbocycles. The zero-order chi connectivity index (χ0) is 14.2. The van der Waals surface area contributed by atoms with Crippen molar-refractivity contribution >= 4 is 12.0 Å². The minimum atomic E-state index is -1.04. The molecule has 0 bridgehead atoms. The Kier molecular flexibility index (Phi) is 3.99. The topological polar surface area (TPSA) is 81.1 Å². The minimum Gasteiger partial charge on any atom is -0.480 e. The molecule has 108 valence electrons. The van der Waals surface area contributed by atoms with Crippen molar-refractivity contribution in [1.82, 2.24) is 9.80 Å². The van der Waals surface area contributed by atoms with Crippen LogP contribution in [0.25, 0.3) is 0 Å². The van der Waals surface area contributed by atoms with Gasteiger partial charge >= 0.3 is 12.0 Å². The fourth-order valence-corrected chi connectivity index (χ4v) is 2.88. The van der Waals surface area contributed by atoms with E-state index < -0.39 is 18.1 Å². The Labute approximate surface area is 113 Å². The number of β-amino-alcohol motifs (C(OH)–C–C–N with tert-alkyl or cyclic N) is 1. The first-order valence-corrected chi connectivity index (χ1v) is 6.86. The van der Waals surface area contributed by atoms with Gasteiger partial charge in [-0.2, -0.15) is 0 Å². The van der Waals surface area contributed by atoms with Crippen LogP contribution in [0.1, 0.15) is 26.7 Å². The lowest BCUT2D eigenvalue weighted by molar-refractivity contribution is -0.141. The van der Waals surface area contributed by atoms with Crippen molar-refractivity contribution in [2.24, 2.45) is 11.8 Å². The third kappa shape index (κ3) is 2.83. The van der Waals surface area contributed by atoms with Gasteiger partial charge in [-0.15, -0.1) is 0 Å². The lowest BCUT2D eigenvalue weighted by Gasteiger charge is -2.38. The van der Waals surface area contributed by atoms with Crippen LogP contribution in [0.15, 0.2) is 0 Å². The van der Waals surface area contributed by atoms with Gasteiger partial charge in [0.2, 0.25) is 0 Å². The monoisotopic (exact) mass is 270 g/mol. The van der Waals surface area contributed by atoms with Crippen LogP contribution in [0.4, 0.5) is 4.79 Å². The Bertz CT molecular complexity index is 374. The first-order valence-electron chi connectivity index (χ1n) is 6.86. The summed E-state index contributed by atoms with van der Waals surface area (Å²) in [5.74, 6) is -0.0275. The Balaban J connectivity index is 2.04. The molecule has 0 aromatic heterocycles. The normalized spacial score (nSPS) is 35.5. The zero-order valence-corrected chi connectivity index (χ0v) is 11.5. The zero-order valence-electron chi connectivity index (χ0n) is 11.5. The molecule has 0 aliphatic carbocycles. The van der Waals surface area contributed by atoms with Gasteiger partial charge in [0.15, 0.2) is 0 Å². The number of hydrogen-bond donors (Lipinski definition) is 2. The van der Waals surface area contributed by atoms with Crippen LogP contribution < -0.4 is 0 Å². The number of carbonyl (C=O) groups excluding carboxylic acids is 1. The highest BCUT2D eigenvalue weighted by atomic mass is 16.4. The van der Waals surface area contributed by atoms with E-state index in [9.17, 15) is 14.7 Å². The lowest BCUT2D eigenvalue weighted by Crippen LogP contribution is -2.51. The number of hydrogen-bond acceptors (Lipinski definition) is 3. The molecule has 6 nitrogen and oxygen atoms in total. The average Bonchev–Trinajstić information content (AvgIpc) is 2.74. The van der Waals surface area contributed by atoms with Crippen LogP contribution in [-0.4, -0.2) is 63.8 Å². The smallest absolute Gasteiger partial charge is 0.326 e. The summed E-state index contributed by atoms with van der Waals surface area (Å²) in [5, 5.41) is 18.7. The highest BCUT2D eigenvalue weighted by Gasteiger charge is 2.41. The Morgan fingerprint density at radius 1 is 1.16 bits per heavy atom. The SMILES string of the molecule is CC1CCN(C(=O)N2C[C@@H](O)C[C@H]2C(=O)O)CC1C. The van der Waals surface area contributed by atoms with Crippen LogP contribution in [0.5, 0.6) is 0 Å². The second-order valence-electron chi connectivity index (χ2n) is 5.87. The first kappa shape index (κ1) is 14.1.